The highest BCUT2D eigenvalue weighted by atomic mass is 32.2. The Bertz CT molecular complexity index is 510. The number of thioether (sulfide) groups is 1. The minimum Gasteiger partial charge on any atom is -0.377 e. The third kappa shape index (κ3) is 2.19. The quantitative estimate of drug-likeness (QED) is 0.855. The first-order valence-corrected chi connectivity index (χ1v) is 7.47. The molecule has 0 spiro atoms. The summed E-state index contributed by atoms with van der Waals surface area (Å²) in [6.45, 7) is 0. The molecule has 0 bridgehead atoms. The van der Waals surface area contributed by atoms with Crippen molar-refractivity contribution in [3.63, 3.8) is 0 Å². The molecule has 0 amide bonds. The van der Waals surface area contributed by atoms with Gasteiger partial charge in [0, 0.05) is 21.7 Å². The molecule has 1 aromatic carbocycles. The summed E-state index contributed by atoms with van der Waals surface area (Å²) in [5, 5.41) is 7.61. The van der Waals surface area contributed by atoms with E-state index >= 15 is 0 Å². The Morgan fingerprint density at radius 3 is 3.06 bits per heavy atom. The van der Waals surface area contributed by atoms with Crippen LogP contribution >= 0.6 is 23.1 Å². The van der Waals surface area contributed by atoms with Crippen LogP contribution < -0.4 is 5.32 Å². The van der Waals surface area contributed by atoms with E-state index in [4.69, 9.17) is 0 Å². The number of nitrogens with one attached hydrogen (secondary N) is 1. The first-order chi connectivity index (χ1) is 8.34. The molecule has 0 fully saturated rings. The molecule has 1 aromatic heterocycles. The average Bonchev–Trinajstić information content (AvgIpc) is 2.83. The zero-order chi connectivity index (χ0) is 11.7. The topological polar surface area (TPSA) is 12.0 Å². The monoisotopic (exact) mass is 265 g/mol. The van der Waals surface area contributed by atoms with Gasteiger partial charge in [-0.2, -0.15) is 11.3 Å². The normalized spacial score (nSPS) is 18.8. The van der Waals surface area contributed by atoms with Crippen molar-refractivity contribution in [1.29, 1.82) is 0 Å². The van der Waals surface area contributed by atoms with Crippen molar-refractivity contribution in [3.8, 4) is 0 Å². The van der Waals surface area contributed by atoms with E-state index in [0.717, 1.165) is 28.3 Å². The van der Waals surface area contributed by atoms with Gasteiger partial charge in [0.15, 0.2) is 0 Å². The van der Waals surface area contributed by atoms with Crippen LogP contribution in [-0.2, 0) is 0 Å². The number of benzene rings is 1. The molecule has 1 nitrogen and oxygen atoms in total. The molecule has 1 atom stereocenters. The predicted molar refractivity (Wildman–Crippen MR) is 72.4 cm³/mol. The molecule has 88 valence electrons. The van der Waals surface area contributed by atoms with Gasteiger partial charge in [0.25, 0.3) is 0 Å². The van der Waals surface area contributed by atoms with E-state index in [9.17, 15) is 4.39 Å². The van der Waals surface area contributed by atoms with Gasteiger partial charge in [-0.3, -0.25) is 0 Å². The van der Waals surface area contributed by atoms with Crippen LogP contribution in [0.1, 0.15) is 18.0 Å². The zero-order valence-electron chi connectivity index (χ0n) is 9.15. The Labute approximate surface area is 108 Å². The standard InChI is InChI=1S/C13H12FNS2/c14-11-3-1-2-10-12(5-7-17-13(10)11)15-9-4-6-16-8-9/h1-4,6,8,12,15H,5,7H2. The average molecular weight is 265 g/mol. The summed E-state index contributed by atoms with van der Waals surface area (Å²) in [5.74, 6) is 0.875. The molecule has 3 rings (SSSR count). The van der Waals surface area contributed by atoms with Gasteiger partial charge in [0.05, 0.1) is 6.04 Å². The Morgan fingerprint density at radius 1 is 1.29 bits per heavy atom. The van der Waals surface area contributed by atoms with Gasteiger partial charge in [-0.25, -0.2) is 4.39 Å². The highest BCUT2D eigenvalue weighted by Gasteiger charge is 2.22. The maximum atomic E-state index is 13.7. The van der Waals surface area contributed by atoms with Gasteiger partial charge >= 0.3 is 0 Å². The lowest BCUT2D eigenvalue weighted by Gasteiger charge is -2.26. The summed E-state index contributed by atoms with van der Waals surface area (Å²) in [6, 6.07) is 7.65. The van der Waals surface area contributed by atoms with Crippen molar-refractivity contribution in [2.75, 3.05) is 11.1 Å². The smallest absolute Gasteiger partial charge is 0.137 e. The lowest BCUT2D eigenvalue weighted by molar-refractivity contribution is 0.585. The van der Waals surface area contributed by atoms with E-state index in [2.05, 4.69) is 16.8 Å². The maximum absolute atomic E-state index is 13.7. The first-order valence-electron chi connectivity index (χ1n) is 5.54. The van der Waals surface area contributed by atoms with Crippen LogP contribution in [-0.4, -0.2) is 5.75 Å². The van der Waals surface area contributed by atoms with Gasteiger partial charge in [0.2, 0.25) is 0 Å². The summed E-state index contributed by atoms with van der Waals surface area (Å²) >= 11 is 3.29. The van der Waals surface area contributed by atoms with E-state index in [1.165, 1.54) is 0 Å². The van der Waals surface area contributed by atoms with Crippen molar-refractivity contribution >= 4 is 28.8 Å². The fraction of sp³-hybridized carbons (Fsp3) is 0.231. The number of anilines is 1. The summed E-state index contributed by atoms with van der Waals surface area (Å²) in [4.78, 5) is 0.812. The Hall–Kier alpha value is -1.00. The molecule has 0 saturated carbocycles. The summed E-state index contributed by atoms with van der Waals surface area (Å²) in [5.41, 5.74) is 2.22. The Morgan fingerprint density at radius 2 is 2.24 bits per heavy atom. The maximum Gasteiger partial charge on any atom is 0.137 e. The van der Waals surface area contributed by atoms with E-state index in [-0.39, 0.29) is 11.9 Å². The summed E-state index contributed by atoms with van der Waals surface area (Å²) in [6.07, 6.45) is 1.04. The highest BCUT2D eigenvalue weighted by Crippen LogP contribution is 2.39. The molecule has 1 N–H and O–H groups in total. The van der Waals surface area contributed by atoms with Crippen molar-refractivity contribution in [2.45, 2.75) is 17.4 Å². The number of hydrogen-bond acceptors (Lipinski definition) is 3. The Kier molecular flexibility index (Phi) is 3.07. The second-order valence-corrected chi connectivity index (χ2v) is 5.89. The number of hydrogen-bond donors (Lipinski definition) is 1. The molecule has 1 unspecified atom stereocenters. The molecule has 0 radical (unpaired) electrons. The predicted octanol–water partition coefficient (Wildman–Crippen LogP) is 4.54. The minimum atomic E-state index is -0.0932. The number of thiophene rings is 1. The van der Waals surface area contributed by atoms with Crippen LogP contribution in [0.25, 0.3) is 0 Å². The van der Waals surface area contributed by atoms with E-state index < -0.39 is 0 Å². The second kappa shape index (κ2) is 4.70. The van der Waals surface area contributed by atoms with Crippen molar-refractivity contribution < 1.29 is 4.39 Å². The second-order valence-electron chi connectivity index (χ2n) is 4.00. The molecule has 1 aliphatic heterocycles. The molecule has 0 saturated heterocycles. The van der Waals surface area contributed by atoms with Crippen LogP contribution in [0.15, 0.2) is 39.9 Å². The third-order valence-electron chi connectivity index (χ3n) is 2.89. The molecule has 2 aromatic rings. The van der Waals surface area contributed by atoms with Crippen LogP contribution in [0.4, 0.5) is 10.1 Å². The molecule has 4 heteroatoms. The number of fused-ring (bicyclic) bond motifs is 1. The summed E-state index contributed by atoms with van der Waals surface area (Å²) in [7, 11) is 0. The first kappa shape index (κ1) is 11.1. The highest BCUT2D eigenvalue weighted by molar-refractivity contribution is 7.99. The van der Waals surface area contributed by atoms with E-state index in [1.807, 2.05) is 11.4 Å². The van der Waals surface area contributed by atoms with Crippen LogP contribution in [0.2, 0.25) is 0 Å². The van der Waals surface area contributed by atoms with E-state index in [0.29, 0.717) is 0 Å². The molecule has 0 aliphatic carbocycles. The lowest BCUT2D eigenvalue weighted by atomic mass is 10.0. The van der Waals surface area contributed by atoms with E-state index in [1.54, 1.807) is 35.2 Å². The van der Waals surface area contributed by atoms with Crippen LogP contribution in [0, 0.1) is 5.82 Å². The van der Waals surface area contributed by atoms with Crippen LogP contribution in [0.5, 0.6) is 0 Å². The van der Waals surface area contributed by atoms with Gasteiger partial charge < -0.3 is 5.32 Å². The lowest BCUT2D eigenvalue weighted by Crippen LogP contribution is -2.16. The molecule has 1 aliphatic rings. The van der Waals surface area contributed by atoms with Crippen molar-refractivity contribution in [1.82, 2.24) is 0 Å². The van der Waals surface area contributed by atoms with Crippen molar-refractivity contribution in [2.24, 2.45) is 0 Å². The molecule has 17 heavy (non-hydrogen) atoms. The molecule has 2 heterocycles. The third-order valence-corrected chi connectivity index (χ3v) is 4.73. The molecular weight excluding hydrogens is 253 g/mol. The fourth-order valence-electron chi connectivity index (χ4n) is 2.08. The molecular formula is C13H12FNS2. The van der Waals surface area contributed by atoms with Crippen LogP contribution in [0.3, 0.4) is 0 Å². The van der Waals surface area contributed by atoms with Gasteiger partial charge in [-0.1, -0.05) is 12.1 Å². The fourth-order valence-corrected chi connectivity index (χ4v) is 3.82. The van der Waals surface area contributed by atoms with Gasteiger partial charge in [-0.15, -0.1) is 11.8 Å². The number of halogens is 1. The van der Waals surface area contributed by atoms with Crippen molar-refractivity contribution in [3.05, 3.63) is 46.4 Å². The SMILES string of the molecule is Fc1cccc2c1SCCC2Nc1ccsc1. The largest absolute Gasteiger partial charge is 0.377 e. The zero-order valence-corrected chi connectivity index (χ0v) is 10.8. The van der Waals surface area contributed by atoms with Gasteiger partial charge in [0.1, 0.15) is 5.82 Å². The Balaban J connectivity index is 1.92. The van der Waals surface area contributed by atoms with Gasteiger partial charge in [-0.05, 0) is 29.5 Å². The minimum absolute atomic E-state index is 0.0932. The number of rotatable bonds is 2. The summed E-state index contributed by atoms with van der Waals surface area (Å²) < 4.78 is 13.7.